The van der Waals surface area contributed by atoms with E-state index in [9.17, 15) is 4.79 Å². The van der Waals surface area contributed by atoms with Crippen LogP contribution in [0.2, 0.25) is 0 Å². The molecule has 0 aromatic carbocycles. The van der Waals surface area contributed by atoms with Gasteiger partial charge in [-0.1, -0.05) is 0 Å². The standard InChI is InChI=1S/C27H77N16OP5/c1-27(44)26-49(28-45(32(2)3,33(4)5)34(6)7,29-46(35(8)9,36(10)11)37(12)13,30-47(38(14)15,39(16)17)40(18)19)31-48(41(20)21,42(22)23)43(24)25/h26H2,1-25H3. The van der Waals surface area contributed by atoms with E-state index >= 15 is 0 Å². The summed E-state index contributed by atoms with van der Waals surface area (Å²) >= 11 is 0. The molecule has 0 saturated carbocycles. The number of nitrogens with zero attached hydrogens (tertiary/aromatic N) is 16. The van der Waals surface area contributed by atoms with E-state index in [1.807, 2.05) is 0 Å². The summed E-state index contributed by atoms with van der Waals surface area (Å²) in [4.78, 5) is 14.3. The Kier molecular flexibility index (Phi) is 18.0. The molecule has 0 rings (SSSR count). The van der Waals surface area contributed by atoms with Crippen LogP contribution in [0, 0.1) is 0 Å². The molecule has 0 fully saturated rings. The molecular weight excluding hydrogens is 719 g/mol. The summed E-state index contributed by atoms with van der Waals surface area (Å²) in [7, 11) is 33.1. The average molecular weight is 797 g/mol. The summed E-state index contributed by atoms with van der Waals surface area (Å²) in [6.45, 7) is 1.64. The third-order valence-corrected chi connectivity index (χ3v) is 31.8. The molecule has 0 aliphatic rings. The summed E-state index contributed by atoms with van der Waals surface area (Å²) in [6.07, 6.45) is -0.0608. The SMILES string of the molecule is CC(=O)CP(N=P(N(C)C)(N(C)C)N(C)C)(N=P(N(C)C)(N(C)C)N(C)C)(N=P(N(C)C)(N(C)C)N(C)C)N=P(N(C)C)(N(C)C)N(C)C. The van der Waals surface area contributed by atoms with Crippen molar-refractivity contribution in [3.05, 3.63) is 0 Å². The van der Waals surface area contributed by atoms with Crippen LogP contribution >= 0.6 is 37.2 Å². The predicted molar refractivity (Wildman–Crippen MR) is 224 cm³/mol. The number of carbonyl (C=O) groups is 1. The number of carbonyl (C=O) groups excluding carboxylic acids is 1. The fourth-order valence-electron chi connectivity index (χ4n) is 6.87. The number of hydrogen-bond donors (Lipinski definition) is 0. The topological polar surface area (TPSA) is 105 Å². The maximum atomic E-state index is 14.3. The van der Waals surface area contributed by atoms with Gasteiger partial charge in [0.25, 0.3) is 0 Å². The van der Waals surface area contributed by atoms with Gasteiger partial charge in [-0.3, -0.25) is 0 Å². The minimum atomic E-state index is -4.91. The summed E-state index contributed by atoms with van der Waals surface area (Å²) in [6, 6.07) is 0. The molecule has 0 unspecified atom stereocenters. The predicted octanol–water partition coefficient (Wildman–Crippen LogP) is 5.31. The zero-order chi connectivity index (χ0) is 39.5. The third kappa shape index (κ3) is 9.26. The van der Waals surface area contributed by atoms with Crippen LogP contribution in [-0.2, 0) is 4.79 Å². The van der Waals surface area contributed by atoms with Gasteiger partial charge in [-0.2, -0.15) is 0 Å². The van der Waals surface area contributed by atoms with Gasteiger partial charge in [-0.05, 0) is 0 Å². The van der Waals surface area contributed by atoms with Gasteiger partial charge < -0.3 is 0 Å². The summed E-state index contributed by atoms with van der Waals surface area (Å²) in [5.74, 6) is -0.0647. The number of hydrogen-bond acceptors (Lipinski definition) is 5. The van der Waals surface area contributed by atoms with Gasteiger partial charge in [0.15, 0.2) is 0 Å². The molecule has 22 heteroatoms. The van der Waals surface area contributed by atoms with Crippen molar-refractivity contribution in [3.8, 4) is 0 Å². The molecule has 0 saturated heterocycles. The molecule has 0 amide bonds. The van der Waals surface area contributed by atoms with Crippen molar-refractivity contribution in [1.29, 1.82) is 0 Å². The maximum absolute atomic E-state index is 14.3. The number of Topliss-reactive ketones (excluding diaryl/α,β-unsaturated/α-hetero) is 1. The molecule has 0 bridgehead atoms. The monoisotopic (exact) mass is 797 g/mol. The Morgan fingerprint density at radius 2 is 0.469 bits per heavy atom. The molecule has 0 heterocycles. The van der Waals surface area contributed by atoms with Crippen molar-refractivity contribution >= 4 is 43.0 Å². The second-order valence-electron chi connectivity index (χ2n) is 14.6. The van der Waals surface area contributed by atoms with Crippen LogP contribution in [0.25, 0.3) is 0 Å². The second kappa shape index (κ2) is 17.8. The molecule has 0 aromatic rings. The molecule has 0 radical (unpaired) electrons. The van der Waals surface area contributed by atoms with E-state index in [0.717, 1.165) is 0 Å². The van der Waals surface area contributed by atoms with E-state index in [-0.39, 0.29) is 11.9 Å². The van der Waals surface area contributed by atoms with E-state index in [4.69, 9.17) is 18.1 Å². The molecule has 17 nitrogen and oxygen atoms in total. The van der Waals surface area contributed by atoms with Crippen molar-refractivity contribution in [2.75, 3.05) is 175 Å². The van der Waals surface area contributed by atoms with Crippen LogP contribution in [-0.4, -0.2) is 237 Å². The first-order valence-corrected chi connectivity index (χ1v) is 24.7. The summed E-state index contributed by atoms with van der Waals surface area (Å²) in [5.41, 5.74) is 0. The Labute approximate surface area is 303 Å². The van der Waals surface area contributed by atoms with Gasteiger partial charge in [-0.25, -0.2) is 0 Å². The van der Waals surface area contributed by atoms with Crippen molar-refractivity contribution in [2.24, 2.45) is 18.1 Å². The Morgan fingerprint density at radius 1 is 0.347 bits per heavy atom. The van der Waals surface area contributed by atoms with Crippen LogP contribution in [0.5, 0.6) is 0 Å². The molecule has 0 atom stereocenters. The Morgan fingerprint density at radius 3 is 0.551 bits per heavy atom. The Balaban J connectivity index is 11.2. The van der Waals surface area contributed by atoms with Crippen LogP contribution in [0.4, 0.5) is 0 Å². The molecule has 0 aromatic heterocycles. The molecule has 49 heavy (non-hydrogen) atoms. The van der Waals surface area contributed by atoms with E-state index in [0.29, 0.717) is 0 Å². The Bertz CT molecular complexity index is 1050. The van der Waals surface area contributed by atoms with Crippen molar-refractivity contribution < 1.29 is 4.79 Å². The zero-order valence-electron chi connectivity index (χ0n) is 36.0. The van der Waals surface area contributed by atoms with Gasteiger partial charge in [0, 0.05) is 0 Å². The van der Waals surface area contributed by atoms with Crippen LogP contribution < -0.4 is 0 Å². The normalized spacial score (nSPS) is 15.4. The van der Waals surface area contributed by atoms with Crippen LogP contribution in [0.3, 0.4) is 0 Å². The van der Waals surface area contributed by atoms with Crippen molar-refractivity contribution in [2.45, 2.75) is 6.92 Å². The van der Waals surface area contributed by atoms with E-state index in [1.165, 1.54) is 0 Å². The molecule has 0 spiro atoms. The first kappa shape index (κ1) is 49.5. The van der Waals surface area contributed by atoms with E-state index in [2.05, 4.69) is 225 Å². The number of rotatable bonds is 18. The second-order valence-corrected chi connectivity index (χ2v) is 33.9. The first-order valence-electron chi connectivity index (χ1n) is 16.1. The van der Waals surface area contributed by atoms with Crippen molar-refractivity contribution in [3.63, 3.8) is 0 Å². The molecule has 0 aliphatic heterocycles. The van der Waals surface area contributed by atoms with Crippen LogP contribution in [0.1, 0.15) is 6.92 Å². The molecular formula is C27H77N16OP5. The fraction of sp³-hybridized carbons (Fsp3) is 0.963. The average Bonchev–Trinajstić information content (AvgIpc) is 2.90. The first-order chi connectivity index (χ1) is 21.9. The molecule has 296 valence electrons. The number of ketones is 1. The van der Waals surface area contributed by atoms with Gasteiger partial charge in [0.1, 0.15) is 0 Å². The summed E-state index contributed by atoms with van der Waals surface area (Å²) in [5, 5.41) is 0. The fourth-order valence-corrected chi connectivity index (χ4v) is 35.6. The van der Waals surface area contributed by atoms with Gasteiger partial charge in [0.2, 0.25) is 0 Å². The molecule has 0 N–H and O–H groups in total. The van der Waals surface area contributed by atoms with E-state index < -0.39 is 37.2 Å². The molecule has 0 aliphatic carbocycles. The van der Waals surface area contributed by atoms with Gasteiger partial charge in [0.05, 0.1) is 0 Å². The van der Waals surface area contributed by atoms with Gasteiger partial charge in [-0.15, -0.1) is 0 Å². The minimum absolute atomic E-state index is 0.0608. The van der Waals surface area contributed by atoms with E-state index in [1.54, 1.807) is 6.92 Å². The van der Waals surface area contributed by atoms with Crippen molar-refractivity contribution in [1.82, 2.24) is 56.0 Å². The van der Waals surface area contributed by atoms with Gasteiger partial charge >= 0.3 is 304 Å². The Hall–Kier alpha value is 0.540. The zero-order valence-corrected chi connectivity index (χ0v) is 40.5. The summed E-state index contributed by atoms with van der Waals surface area (Å²) < 4.78 is 51.1. The van der Waals surface area contributed by atoms with Crippen LogP contribution in [0.15, 0.2) is 18.1 Å². The third-order valence-electron chi connectivity index (χ3n) is 8.16. The quantitative estimate of drug-likeness (QED) is 0.168.